The van der Waals surface area contributed by atoms with Gasteiger partial charge in [0.1, 0.15) is 5.82 Å². The van der Waals surface area contributed by atoms with Crippen molar-refractivity contribution >= 4 is 15.9 Å². The standard InChI is InChI=1S/C10H11BrFN5/c1-6(13-5-10-14-16-17-15-10)8-3-2-7(11)4-9(8)12/h2-4,6,13H,5H2,1H3,(H,14,15,16,17). The van der Waals surface area contributed by atoms with Gasteiger partial charge in [-0.25, -0.2) is 4.39 Å². The van der Waals surface area contributed by atoms with Crippen LogP contribution in [0, 0.1) is 5.82 Å². The van der Waals surface area contributed by atoms with Crippen LogP contribution in [0.5, 0.6) is 0 Å². The number of rotatable bonds is 4. The van der Waals surface area contributed by atoms with E-state index in [4.69, 9.17) is 0 Å². The van der Waals surface area contributed by atoms with Crippen LogP contribution in [0.15, 0.2) is 22.7 Å². The van der Waals surface area contributed by atoms with Crippen LogP contribution in [-0.2, 0) is 6.54 Å². The molecule has 2 aromatic rings. The monoisotopic (exact) mass is 299 g/mol. The SMILES string of the molecule is CC(NCc1nn[nH]n1)c1ccc(Br)cc1F. The molecule has 0 aliphatic heterocycles. The van der Waals surface area contributed by atoms with E-state index in [2.05, 4.69) is 41.9 Å². The first-order valence-electron chi connectivity index (χ1n) is 5.07. The molecule has 0 saturated heterocycles. The van der Waals surface area contributed by atoms with Crippen molar-refractivity contribution in [3.05, 3.63) is 39.9 Å². The number of hydrogen-bond donors (Lipinski definition) is 2. The Morgan fingerprint density at radius 1 is 1.53 bits per heavy atom. The fraction of sp³-hybridized carbons (Fsp3) is 0.300. The molecular formula is C10H11BrFN5. The Morgan fingerprint density at radius 2 is 2.35 bits per heavy atom. The fourth-order valence-corrected chi connectivity index (χ4v) is 1.80. The third kappa shape index (κ3) is 3.07. The maximum Gasteiger partial charge on any atom is 0.188 e. The predicted molar refractivity (Wildman–Crippen MR) is 63.5 cm³/mol. The van der Waals surface area contributed by atoms with Gasteiger partial charge in [0.2, 0.25) is 0 Å². The number of aromatic nitrogens is 4. The molecule has 0 aliphatic rings. The summed E-state index contributed by atoms with van der Waals surface area (Å²) in [6, 6.07) is 4.88. The van der Waals surface area contributed by atoms with Crippen molar-refractivity contribution < 1.29 is 4.39 Å². The Hall–Kier alpha value is -1.34. The lowest BCUT2D eigenvalue weighted by molar-refractivity contribution is 0.520. The van der Waals surface area contributed by atoms with Crippen LogP contribution in [0.25, 0.3) is 0 Å². The van der Waals surface area contributed by atoms with Crippen molar-refractivity contribution in [3.8, 4) is 0 Å². The second-order valence-electron chi connectivity index (χ2n) is 3.60. The van der Waals surface area contributed by atoms with E-state index in [1.165, 1.54) is 6.07 Å². The predicted octanol–water partition coefficient (Wildman–Crippen LogP) is 1.95. The summed E-state index contributed by atoms with van der Waals surface area (Å²) in [5.74, 6) is 0.307. The lowest BCUT2D eigenvalue weighted by Gasteiger charge is -2.13. The van der Waals surface area contributed by atoms with E-state index >= 15 is 0 Å². The molecule has 0 spiro atoms. The van der Waals surface area contributed by atoms with Gasteiger partial charge in [0.25, 0.3) is 0 Å². The summed E-state index contributed by atoms with van der Waals surface area (Å²) in [5.41, 5.74) is 0.608. The zero-order chi connectivity index (χ0) is 12.3. The van der Waals surface area contributed by atoms with Gasteiger partial charge in [-0.3, -0.25) is 0 Å². The van der Waals surface area contributed by atoms with E-state index in [1.807, 2.05) is 13.0 Å². The average Bonchev–Trinajstić information content (AvgIpc) is 2.78. The Labute approximate surface area is 106 Å². The summed E-state index contributed by atoms with van der Waals surface area (Å²) in [7, 11) is 0. The third-order valence-electron chi connectivity index (χ3n) is 2.38. The Morgan fingerprint density at radius 3 is 3.00 bits per heavy atom. The van der Waals surface area contributed by atoms with E-state index in [0.717, 1.165) is 4.47 Å². The maximum absolute atomic E-state index is 13.6. The minimum atomic E-state index is -0.243. The maximum atomic E-state index is 13.6. The highest BCUT2D eigenvalue weighted by Crippen LogP contribution is 2.20. The van der Waals surface area contributed by atoms with Gasteiger partial charge < -0.3 is 5.32 Å². The Kier molecular flexibility index (Phi) is 3.80. The number of hydrogen-bond acceptors (Lipinski definition) is 4. The van der Waals surface area contributed by atoms with Gasteiger partial charge in [0.05, 0.1) is 6.54 Å². The molecule has 90 valence electrons. The lowest BCUT2D eigenvalue weighted by atomic mass is 10.1. The molecule has 0 aliphatic carbocycles. The minimum Gasteiger partial charge on any atom is -0.303 e. The smallest absolute Gasteiger partial charge is 0.188 e. The van der Waals surface area contributed by atoms with Crippen molar-refractivity contribution in [2.45, 2.75) is 19.5 Å². The van der Waals surface area contributed by atoms with Crippen molar-refractivity contribution in [2.75, 3.05) is 0 Å². The second kappa shape index (κ2) is 5.33. The van der Waals surface area contributed by atoms with Crippen LogP contribution in [0.1, 0.15) is 24.4 Å². The number of nitrogens with one attached hydrogen (secondary N) is 2. The molecule has 2 N–H and O–H groups in total. The van der Waals surface area contributed by atoms with Gasteiger partial charge >= 0.3 is 0 Å². The third-order valence-corrected chi connectivity index (χ3v) is 2.88. The van der Waals surface area contributed by atoms with E-state index in [1.54, 1.807) is 6.07 Å². The fourth-order valence-electron chi connectivity index (χ4n) is 1.46. The lowest BCUT2D eigenvalue weighted by Crippen LogP contribution is -2.19. The molecule has 0 saturated carbocycles. The number of nitrogens with zero attached hydrogens (tertiary/aromatic N) is 3. The molecule has 0 bridgehead atoms. The normalized spacial score (nSPS) is 12.6. The summed E-state index contributed by atoms with van der Waals surface area (Å²) >= 11 is 3.22. The minimum absolute atomic E-state index is 0.124. The highest BCUT2D eigenvalue weighted by Gasteiger charge is 2.11. The quantitative estimate of drug-likeness (QED) is 0.906. The molecule has 1 aromatic heterocycles. The van der Waals surface area contributed by atoms with Crippen LogP contribution >= 0.6 is 15.9 Å². The second-order valence-corrected chi connectivity index (χ2v) is 4.51. The molecular weight excluding hydrogens is 289 g/mol. The average molecular weight is 300 g/mol. The van der Waals surface area contributed by atoms with Crippen molar-refractivity contribution in [3.63, 3.8) is 0 Å². The topological polar surface area (TPSA) is 66.5 Å². The van der Waals surface area contributed by atoms with Gasteiger partial charge in [0, 0.05) is 16.1 Å². The van der Waals surface area contributed by atoms with Gasteiger partial charge in [-0.1, -0.05) is 27.2 Å². The summed E-state index contributed by atoms with van der Waals surface area (Å²) in [6.45, 7) is 2.32. The van der Waals surface area contributed by atoms with Gasteiger partial charge in [-0.05, 0) is 19.1 Å². The zero-order valence-corrected chi connectivity index (χ0v) is 10.7. The van der Waals surface area contributed by atoms with E-state index in [-0.39, 0.29) is 11.9 Å². The van der Waals surface area contributed by atoms with Crippen LogP contribution in [0.3, 0.4) is 0 Å². The van der Waals surface area contributed by atoms with Gasteiger partial charge in [-0.2, -0.15) is 5.21 Å². The molecule has 1 unspecified atom stereocenters. The molecule has 7 heteroatoms. The first-order chi connectivity index (χ1) is 8.16. The largest absolute Gasteiger partial charge is 0.303 e. The molecule has 0 radical (unpaired) electrons. The molecule has 17 heavy (non-hydrogen) atoms. The summed E-state index contributed by atoms with van der Waals surface area (Å²) in [4.78, 5) is 0. The molecule has 1 atom stereocenters. The number of halogens is 2. The first-order valence-corrected chi connectivity index (χ1v) is 5.87. The van der Waals surface area contributed by atoms with Crippen molar-refractivity contribution in [1.82, 2.24) is 25.9 Å². The highest BCUT2D eigenvalue weighted by molar-refractivity contribution is 9.10. The van der Waals surface area contributed by atoms with Crippen molar-refractivity contribution in [1.29, 1.82) is 0 Å². The van der Waals surface area contributed by atoms with Gasteiger partial charge in [0.15, 0.2) is 5.82 Å². The van der Waals surface area contributed by atoms with E-state index in [9.17, 15) is 4.39 Å². The van der Waals surface area contributed by atoms with Crippen LogP contribution in [-0.4, -0.2) is 20.6 Å². The summed E-state index contributed by atoms with van der Waals surface area (Å²) in [5, 5.41) is 16.5. The summed E-state index contributed by atoms with van der Waals surface area (Å²) in [6.07, 6.45) is 0. The molecule has 1 heterocycles. The summed E-state index contributed by atoms with van der Waals surface area (Å²) < 4.78 is 14.4. The Balaban J connectivity index is 2.01. The van der Waals surface area contributed by atoms with Gasteiger partial charge in [-0.15, -0.1) is 10.2 Å². The first kappa shape index (κ1) is 12.1. The van der Waals surface area contributed by atoms with Crippen LogP contribution in [0.4, 0.5) is 4.39 Å². The van der Waals surface area contributed by atoms with Crippen molar-refractivity contribution in [2.24, 2.45) is 0 Å². The van der Waals surface area contributed by atoms with Crippen LogP contribution in [0.2, 0.25) is 0 Å². The Bertz CT molecular complexity index is 487. The number of aromatic amines is 1. The zero-order valence-electron chi connectivity index (χ0n) is 9.11. The number of benzene rings is 1. The molecule has 0 fully saturated rings. The molecule has 5 nitrogen and oxygen atoms in total. The number of H-pyrrole nitrogens is 1. The molecule has 1 aromatic carbocycles. The molecule has 2 rings (SSSR count). The van der Waals surface area contributed by atoms with Crippen LogP contribution < -0.4 is 5.32 Å². The molecule has 0 amide bonds. The highest BCUT2D eigenvalue weighted by atomic mass is 79.9. The van der Waals surface area contributed by atoms with E-state index < -0.39 is 0 Å². The number of tetrazole rings is 1. The van der Waals surface area contributed by atoms with E-state index in [0.29, 0.717) is 17.9 Å².